The van der Waals surface area contributed by atoms with E-state index in [-0.39, 0.29) is 17.7 Å². The molecule has 0 saturated carbocycles. The molecular weight excluding hydrogens is 771 g/mol. The van der Waals surface area contributed by atoms with Crippen LogP contribution in [0.1, 0.15) is 43.3 Å². The van der Waals surface area contributed by atoms with E-state index in [0.29, 0.717) is 17.5 Å². The fourth-order valence-corrected chi connectivity index (χ4v) is 13.4. The maximum Gasteiger partial charge on any atom is 0.252 e. The van der Waals surface area contributed by atoms with Crippen molar-refractivity contribution in [2.24, 2.45) is 0 Å². The molecule has 0 aromatic heterocycles. The van der Waals surface area contributed by atoms with Crippen LogP contribution in [-0.2, 0) is 6.42 Å². The molecule has 9 rings (SSSR count). The number of hydrogen-bond donors (Lipinski definition) is 2. The summed E-state index contributed by atoms with van der Waals surface area (Å²) < 4.78 is 0. The highest BCUT2D eigenvalue weighted by molar-refractivity contribution is 7.80. The molecule has 8 aromatic carbocycles. The minimum atomic E-state index is -1.05. The Labute approximate surface area is 354 Å². The molecule has 0 aliphatic heterocycles. The average Bonchev–Trinajstić information content (AvgIpc) is 3.31. The van der Waals surface area contributed by atoms with Crippen molar-refractivity contribution >= 4 is 59.5 Å². The maximum atomic E-state index is 15.1. The monoisotopic (exact) mass is 814 g/mol. The smallest absolute Gasteiger partial charge is 0.252 e. The van der Waals surface area contributed by atoms with Crippen molar-refractivity contribution in [1.82, 2.24) is 10.6 Å². The molecule has 60 heavy (non-hydrogen) atoms. The van der Waals surface area contributed by atoms with Gasteiger partial charge >= 0.3 is 0 Å². The Hall–Kier alpha value is -6.44. The minimum Gasteiger partial charge on any atom is -0.347 e. The number of benzene rings is 8. The number of carbonyl (C=O) groups is 2. The van der Waals surface area contributed by atoms with Gasteiger partial charge in [-0.2, -0.15) is 0 Å². The summed E-state index contributed by atoms with van der Waals surface area (Å²) in [4.78, 5) is 30.1. The maximum absolute atomic E-state index is 15.1. The highest BCUT2D eigenvalue weighted by Crippen LogP contribution is 2.39. The highest BCUT2D eigenvalue weighted by Gasteiger charge is 2.40. The highest BCUT2D eigenvalue weighted by atomic mass is 31.1. The van der Waals surface area contributed by atoms with Crippen LogP contribution in [0.4, 0.5) is 0 Å². The van der Waals surface area contributed by atoms with Gasteiger partial charge in [0.15, 0.2) is 0 Å². The van der Waals surface area contributed by atoms with E-state index >= 15 is 9.59 Å². The number of fused-ring (bicyclic) bond motifs is 1. The van der Waals surface area contributed by atoms with E-state index in [1.165, 1.54) is 21.2 Å². The summed E-state index contributed by atoms with van der Waals surface area (Å²) in [6.45, 7) is 0. The van der Waals surface area contributed by atoms with Crippen LogP contribution in [0.3, 0.4) is 0 Å². The summed E-state index contributed by atoms with van der Waals surface area (Å²) in [6, 6.07) is 75.8. The van der Waals surface area contributed by atoms with E-state index in [2.05, 4.69) is 156 Å². The Balaban J connectivity index is 1.12. The summed E-state index contributed by atoms with van der Waals surface area (Å²) in [7, 11) is -2.09. The second kappa shape index (κ2) is 18.2. The fourth-order valence-electron chi connectivity index (χ4n) is 8.54. The van der Waals surface area contributed by atoms with Gasteiger partial charge < -0.3 is 10.6 Å². The van der Waals surface area contributed by atoms with Gasteiger partial charge in [0.1, 0.15) is 0 Å². The zero-order valence-corrected chi connectivity index (χ0v) is 34.8. The molecule has 1 unspecified atom stereocenters. The van der Waals surface area contributed by atoms with Crippen molar-refractivity contribution in [1.29, 1.82) is 0 Å². The molecule has 1 aliphatic rings. The minimum absolute atomic E-state index is 0.155. The second-order valence-corrected chi connectivity index (χ2v) is 19.3. The Kier molecular flexibility index (Phi) is 11.9. The van der Waals surface area contributed by atoms with Crippen molar-refractivity contribution in [2.75, 3.05) is 0 Å². The van der Waals surface area contributed by atoms with E-state index in [4.69, 9.17) is 0 Å². The van der Waals surface area contributed by atoms with Crippen LogP contribution in [-0.4, -0.2) is 23.9 Å². The van der Waals surface area contributed by atoms with Crippen LogP contribution >= 0.6 is 15.8 Å². The van der Waals surface area contributed by atoms with Crippen molar-refractivity contribution in [2.45, 2.75) is 24.4 Å². The largest absolute Gasteiger partial charge is 0.347 e. The topological polar surface area (TPSA) is 58.2 Å². The van der Waals surface area contributed by atoms with Gasteiger partial charge in [-0.15, -0.1) is 0 Å². The van der Waals surface area contributed by atoms with Gasteiger partial charge in [0, 0.05) is 17.0 Å². The number of carbonyl (C=O) groups excluding carboxylic acids is 2. The van der Waals surface area contributed by atoms with E-state index in [1.54, 1.807) is 0 Å². The number of rotatable bonds is 11. The van der Waals surface area contributed by atoms with E-state index in [0.717, 1.165) is 27.3 Å². The first-order chi connectivity index (χ1) is 29.6. The van der Waals surface area contributed by atoms with Gasteiger partial charge in [0.05, 0.1) is 12.1 Å². The molecule has 2 amide bonds. The summed E-state index contributed by atoms with van der Waals surface area (Å²) in [5.74, 6) is -0.535. The third kappa shape index (κ3) is 8.23. The molecule has 0 spiro atoms. The van der Waals surface area contributed by atoms with Crippen LogP contribution in [0.2, 0.25) is 0 Å². The molecule has 292 valence electrons. The first-order valence-corrected chi connectivity index (χ1v) is 23.1. The second-order valence-electron chi connectivity index (χ2n) is 14.9. The van der Waals surface area contributed by atoms with E-state index < -0.39 is 27.9 Å². The van der Waals surface area contributed by atoms with Crippen LogP contribution in [0.15, 0.2) is 224 Å². The first kappa shape index (κ1) is 39.0. The van der Waals surface area contributed by atoms with Crippen molar-refractivity contribution in [3.63, 3.8) is 0 Å². The van der Waals surface area contributed by atoms with Crippen molar-refractivity contribution in [3.8, 4) is 0 Å². The normalized spacial score (nSPS) is 15.9. The Morgan fingerprint density at radius 1 is 0.400 bits per heavy atom. The third-order valence-electron chi connectivity index (χ3n) is 11.2. The zero-order valence-electron chi connectivity index (χ0n) is 33.0. The Morgan fingerprint density at radius 3 is 1.23 bits per heavy atom. The first-order valence-electron chi connectivity index (χ1n) is 20.4. The fraction of sp³-hybridized carbons (Fsp3) is 0.0741. The molecule has 6 heteroatoms. The Bertz CT molecular complexity index is 2620. The van der Waals surface area contributed by atoms with Gasteiger partial charge in [0.2, 0.25) is 0 Å². The van der Waals surface area contributed by atoms with E-state index in [9.17, 15) is 0 Å². The van der Waals surface area contributed by atoms with Crippen LogP contribution < -0.4 is 42.5 Å². The molecular formula is C54H44N2O2P2. The number of nitrogens with one attached hydrogen (secondary N) is 2. The molecule has 3 atom stereocenters. The predicted molar refractivity (Wildman–Crippen MR) is 251 cm³/mol. The van der Waals surface area contributed by atoms with Crippen LogP contribution in [0, 0.1) is 0 Å². The standard InChI is InChI=1S/C54H44N2O2P2/c57-53(46-34-18-20-36-49(46)59(41-25-8-2-9-26-41)42-27-10-3-11-28-42)55-48-38-40-24-16-17-33-45(40)51(39-22-6-1-7-23-39)52(48)56-54(58)47-35-19-21-37-50(47)60(43-29-12-4-13-30-43)44-31-14-5-15-32-44/h1-37,48,51-52H,38H2,(H,55,57)(H,56,58)/t48-,51?,52+/m1/s1. The Morgan fingerprint density at radius 2 is 0.767 bits per heavy atom. The zero-order chi connectivity index (χ0) is 40.7. The van der Waals surface area contributed by atoms with Crippen LogP contribution in [0.5, 0.6) is 0 Å². The van der Waals surface area contributed by atoms with Crippen LogP contribution in [0.25, 0.3) is 0 Å². The molecule has 0 saturated heterocycles. The van der Waals surface area contributed by atoms with Gasteiger partial charge in [-0.05, 0) is 82.9 Å². The lowest BCUT2D eigenvalue weighted by Gasteiger charge is -2.41. The number of amides is 2. The molecule has 0 bridgehead atoms. The summed E-state index contributed by atoms with van der Waals surface area (Å²) >= 11 is 0. The molecule has 0 radical (unpaired) electrons. The summed E-state index contributed by atoms with van der Waals surface area (Å²) in [5, 5.41) is 13.8. The molecule has 8 aromatic rings. The predicted octanol–water partition coefficient (Wildman–Crippen LogP) is 8.49. The van der Waals surface area contributed by atoms with Crippen molar-refractivity contribution in [3.05, 3.63) is 252 Å². The SMILES string of the molecule is O=C(N[C@@H]1C(c2ccccc2)c2ccccc2C[C@H]1NC(=O)c1ccccc1P(c1ccccc1)c1ccccc1)c1ccccc1P(c1ccccc1)c1ccccc1. The lowest BCUT2D eigenvalue weighted by Crippen LogP contribution is -2.58. The molecule has 1 aliphatic carbocycles. The molecule has 0 fully saturated rings. The van der Waals surface area contributed by atoms with Gasteiger partial charge in [-0.3, -0.25) is 9.59 Å². The third-order valence-corrected chi connectivity index (χ3v) is 16.2. The number of hydrogen-bond acceptors (Lipinski definition) is 2. The summed E-state index contributed by atoms with van der Waals surface area (Å²) in [6.07, 6.45) is 0.562. The lowest BCUT2D eigenvalue weighted by atomic mass is 9.73. The molecule has 0 heterocycles. The van der Waals surface area contributed by atoms with Gasteiger partial charge in [-0.25, -0.2) is 0 Å². The van der Waals surface area contributed by atoms with Gasteiger partial charge in [-0.1, -0.05) is 212 Å². The van der Waals surface area contributed by atoms with E-state index in [1.807, 2.05) is 78.9 Å². The van der Waals surface area contributed by atoms with Crippen molar-refractivity contribution < 1.29 is 9.59 Å². The molecule has 4 nitrogen and oxygen atoms in total. The summed E-state index contributed by atoms with van der Waals surface area (Å²) in [5.41, 5.74) is 4.66. The average molecular weight is 815 g/mol. The lowest BCUT2D eigenvalue weighted by molar-refractivity contribution is 0.0873. The quantitative estimate of drug-likeness (QED) is 0.129. The molecule has 2 N–H and O–H groups in total. The van der Waals surface area contributed by atoms with Gasteiger partial charge in [0.25, 0.3) is 11.8 Å².